The van der Waals surface area contributed by atoms with Gasteiger partial charge in [-0.1, -0.05) is 6.92 Å². The first-order valence-electron chi connectivity index (χ1n) is 10.6. The van der Waals surface area contributed by atoms with Crippen molar-refractivity contribution >= 4 is 5.95 Å². The van der Waals surface area contributed by atoms with E-state index in [2.05, 4.69) is 57.6 Å². The number of piperidine rings is 2. The van der Waals surface area contributed by atoms with E-state index >= 15 is 0 Å². The van der Waals surface area contributed by atoms with E-state index in [0.29, 0.717) is 0 Å². The molecule has 2 aliphatic rings. The third-order valence-corrected chi connectivity index (χ3v) is 6.12. The van der Waals surface area contributed by atoms with Gasteiger partial charge in [0.25, 0.3) is 0 Å². The summed E-state index contributed by atoms with van der Waals surface area (Å²) in [5, 5.41) is 0. The molecule has 6 heteroatoms. The van der Waals surface area contributed by atoms with Gasteiger partial charge in [0.15, 0.2) is 0 Å². The van der Waals surface area contributed by atoms with Crippen molar-refractivity contribution in [3.05, 3.63) is 18.0 Å². The van der Waals surface area contributed by atoms with Crippen LogP contribution in [-0.4, -0.2) is 91.1 Å². The maximum Gasteiger partial charge on any atom is 0.225 e. The van der Waals surface area contributed by atoms with Crippen LogP contribution in [0, 0.1) is 5.92 Å². The second kappa shape index (κ2) is 9.80. The van der Waals surface area contributed by atoms with Gasteiger partial charge in [0.1, 0.15) is 0 Å². The van der Waals surface area contributed by atoms with Crippen LogP contribution in [0.2, 0.25) is 0 Å². The zero-order chi connectivity index (χ0) is 19.2. The van der Waals surface area contributed by atoms with E-state index in [1.165, 1.54) is 44.3 Å². The molecule has 3 rings (SSSR count). The lowest BCUT2D eigenvalue weighted by Crippen LogP contribution is -2.44. The highest BCUT2D eigenvalue weighted by Gasteiger charge is 2.23. The maximum absolute atomic E-state index is 4.66. The molecule has 27 heavy (non-hydrogen) atoms. The highest BCUT2D eigenvalue weighted by Crippen LogP contribution is 2.20. The van der Waals surface area contributed by atoms with Crippen LogP contribution in [0.15, 0.2) is 12.4 Å². The summed E-state index contributed by atoms with van der Waals surface area (Å²) >= 11 is 0. The van der Waals surface area contributed by atoms with E-state index < -0.39 is 0 Å². The minimum atomic E-state index is 0.723. The fourth-order valence-electron chi connectivity index (χ4n) is 4.28. The molecular weight excluding hydrogens is 336 g/mol. The topological polar surface area (TPSA) is 38.7 Å². The smallest absolute Gasteiger partial charge is 0.225 e. The lowest BCUT2D eigenvalue weighted by molar-refractivity contribution is 0.118. The van der Waals surface area contributed by atoms with Gasteiger partial charge in [-0.25, -0.2) is 9.97 Å². The lowest BCUT2D eigenvalue weighted by Gasteiger charge is -2.37. The largest absolute Gasteiger partial charge is 0.341 e. The molecule has 1 aromatic heterocycles. The summed E-state index contributed by atoms with van der Waals surface area (Å²) < 4.78 is 0. The molecule has 1 aromatic rings. The van der Waals surface area contributed by atoms with Gasteiger partial charge in [-0.15, -0.1) is 0 Å². The van der Waals surface area contributed by atoms with E-state index in [-0.39, 0.29) is 0 Å². The SMILES string of the molecule is C[C@H]1CCCN(c2ncc(CN3CCC(N(C)CCN(C)C)CC3)cn2)C1. The minimum absolute atomic E-state index is 0.723. The van der Waals surface area contributed by atoms with Crippen molar-refractivity contribution in [3.8, 4) is 0 Å². The average Bonchev–Trinajstić information content (AvgIpc) is 2.67. The zero-order valence-electron chi connectivity index (χ0n) is 17.8. The molecule has 0 unspecified atom stereocenters. The molecule has 0 radical (unpaired) electrons. The molecule has 6 nitrogen and oxygen atoms in total. The van der Waals surface area contributed by atoms with Crippen LogP contribution in [0.1, 0.15) is 38.2 Å². The number of likely N-dealkylation sites (N-methyl/N-ethyl adjacent to an activating group) is 2. The fourth-order valence-corrected chi connectivity index (χ4v) is 4.28. The summed E-state index contributed by atoms with van der Waals surface area (Å²) in [4.78, 5) is 19.0. The Morgan fingerprint density at radius 1 is 1.00 bits per heavy atom. The molecule has 2 fully saturated rings. The van der Waals surface area contributed by atoms with Gasteiger partial charge >= 0.3 is 0 Å². The van der Waals surface area contributed by atoms with Gasteiger partial charge in [0, 0.05) is 56.7 Å². The quantitative estimate of drug-likeness (QED) is 0.728. The molecule has 0 aromatic carbocycles. The van der Waals surface area contributed by atoms with E-state index in [1.807, 2.05) is 12.4 Å². The third kappa shape index (κ3) is 6.13. The Kier molecular flexibility index (Phi) is 7.44. The van der Waals surface area contributed by atoms with Crippen molar-refractivity contribution in [2.24, 2.45) is 5.92 Å². The number of anilines is 1. The van der Waals surface area contributed by atoms with Gasteiger partial charge in [0.05, 0.1) is 0 Å². The van der Waals surface area contributed by atoms with Crippen LogP contribution in [0.3, 0.4) is 0 Å². The van der Waals surface area contributed by atoms with Crippen molar-refractivity contribution in [3.63, 3.8) is 0 Å². The van der Waals surface area contributed by atoms with Gasteiger partial charge < -0.3 is 14.7 Å². The molecule has 2 aliphatic heterocycles. The molecule has 0 amide bonds. The first-order chi connectivity index (χ1) is 13.0. The van der Waals surface area contributed by atoms with Crippen LogP contribution in [-0.2, 0) is 6.54 Å². The molecule has 152 valence electrons. The van der Waals surface area contributed by atoms with Crippen LogP contribution in [0.25, 0.3) is 0 Å². The summed E-state index contributed by atoms with van der Waals surface area (Å²) in [7, 11) is 6.57. The van der Waals surface area contributed by atoms with Crippen molar-refractivity contribution in [2.75, 3.05) is 65.3 Å². The van der Waals surface area contributed by atoms with Crippen LogP contribution in [0.4, 0.5) is 5.95 Å². The summed E-state index contributed by atoms with van der Waals surface area (Å²) in [5.74, 6) is 1.66. The molecule has 1 atom stereocenters. The highest BCUT2D eigenvalue weighted by atomic mass is 15.3. The Balaban J connectivity index is 1.43. The van der Waals surface area contributed by atoms with Crippen LogP contribution >= 0.6 is 0 Å². The van der Waals surface area contributed by atoms with Crippen molar-refractivity contribution in [1.29, 1.82) is 0 Å². The summed E-state index contributed by atoms with van der Waals surface area (Å²) in [6.07, 6.45) is 9.18. The minimum Gasteiger partial charge on any atom is -0.341 e. The summed E-state index contributed by atoms with van der Waals surface area (Å²) in [6, 6.07) is 0.723. The Morgan fingerprint density at radius 3 is 2.33 bits per heavy atom. The fraction of sp³-hybridized carbons (Fsp3) is 0.810. The van der Waals surface area contributed by atoms with Gasteiger partial charge in [-0.3, -0.25) is 4.90 Å². The summed E-state index contributed by atoms with van der Waals surface area (Å²) in [6.45, 7) is 10.1. The number of aromatic nitrogens is 2. The number of hydrogen-bond donors (Lipinski definition) is 0. The van der Waals surface area contributed by atoms with Gasteiger partial charge in [0.2, 0.25) is 5.95 Å². The standard InChI is InChI=1S/C21H38N6/c1-18-6-5-9-27(16-18)21-22-14-19(15-23-21)17-26-10-7-20(8-11-26)25(4)13-12-24(2)3/h14-15,18,20H,5-13,16-17H2,1-4H3/t18-/m0/s1. The van der Waals surface area contributed by atoms with Crippen LogP contribution in [0.5, 0.6) is 0 Å². The third-order valence-electron chi connectivity index (χ3n) is 6.12. The second-order valence-electron chi connectivity index (χ2n) is 8.88. The molecule has 0 bridgehead atoms. The molecule has 2 saturated heterocycles. The van der Waals surface area contributed by atoms with E-state index in [1.54, 1.807) is 0 Å². The number of likely N-dealkylation sites (tertiary alicyclic amines) is 1. The summed E-state index contributed by atoms with van der Waals surface area (Å²) in [5.41, 5.74) is 1.24. The predicted octanol–water partition coefficient (Wildman–Crippen LogP) is 2.17. The highest BCUT2D eigenvalue weighted by molar-refractivity contribution is 5.30. The van der Waals surface area contributed by atoms with Crippen LogP contribution < -0.4 is 4.90 Å². The molecule has 3 heterocycles. The normalized spacial score (nSPS) is 22.7. The monoisotopic (exact) mass is 374 g/mol. The molecule has 0 saturated carbocycles. The molecular formula is C21H38N6. The first-order valence-corrected chi connectivity index (χ1v) is 10.6. The Hall–Kier alpha value is -1.24. The maximum atomic E-state index is 4.66. The number of rotatable bonds is 7. The average molecular weight is 375 g/mol. The predicted molar refractivity (Wildman–Crippen MR) is 112 cm³/mol. The zero-order valence-corrected chi connectivity index (χ0v) is 17.8. The molecule has 0 aliphatic carbocycles. The Bertz CT molecular complexity index is 552. The molecule has 0 N–H and O–H groups in total. The van der Waals surface area contributed by atoms with Crippen molar-refractivity contribution in [2.45, 2.75) is 45.2 Å². The Morgan fingerprint density at radius 2 is 1.70 bits per heavy atom. The molecule has 0 spiro atoms. The van der Waals surface area contributed by atoms with Gasteiger partial charge in [-0.2, -0.15) is 0 Å². The van der Waals surface area contributed by atoms with Gasteiger partial charge in [-0.05, 0) is 65.8 Å². The second-order valence-corrected chi connectivity index (χ2v) is 8.88. The first kappa shape index (κ1) is 20.5. The van der Waals surface area contributed by atoms with Crippen molar-refractivity contribution < 1.29 is 0 Å². The number of hydrogen-bond acceptors (Lipinski definition) is 6. The van der Waals surface area contributed by atoms with E-state index in [0.717, 1.165) is 50.6 Å². The number of nitrogens with zero attached hydrogens (tertiary/aromatic N) is 6. The lowest BCUT2D eigenvalue weighted by atomic mass is 10.0. The Labute approximate surface area is 165 Å². The van der Waals surface area contributed by atoms with E-state index in [9.17, 15) is 0 Å². The van der Waals surface area contributed by atoms with Crippen molar-refractivity contribution in [1.82, 2.24) is 24.7 Å². The van der Waals surface area contributed by atoms with E-state index in [4.69, 9.17) is 0 Å².